The van der Waals surface area contributed by atoms with E-state index in [9.17, 15) is 4.79 Å². The van der Waals surface area contributed by atoms with Crippen LogP contribution in [0, 0.1) is 5.92 Å². The molecule has 0 saturated heterocycles. The maximum absolute atomic E-state index is 11.2. The van der Waals surface area contributed by atoms with Gasteiger partial charge in [0.1, 0.15) is 12.4 Å². The van der Waals surface area contributed by atoms with Crippen LogP contribution >= 0.6 is 23.2 Å². The Morgan fingerprint density at radius 1 is 0.972 bits per heavy atom. The van der Waals surface area contributed by atoms with Gasteiger partial charge in [0, 0.05) is 28.6 Å². The number of hydrogen-bond acceptors (Lipinski definition) is 3. The van der Waals surface area contributed by atoms with Crippen molar-refractivity contribution in [1.82, 2.24) is 9.78 Å². The van der Waals surface area contributed by atoms with Crippen LogP contribution in [0.4, 0.5) is 0 Å². The van der Waals surface area contributed by atoms with Crippen LogP contribution in [0.1, 0.15) is 31.4 Å². The lowest BCUT2D eigenvalue weighted by molar-refractivity contribution is -0.136. The van der Waals surface area contributed by atoms with Gasteiger partial charge in [-0.15, -0.1) is 0 Å². The second-order valence-electron chi connectivity index (χ2n) is 9.14. The van der Waals surface area contributed by atoms with E-state index in [0.29, 0.717) is 34.7 Å². The number of aryl methyl sites for hydroxylation is 1. The summed E-state index contributed by atoms with van der Waals surface area (Å²) in [5.41, 5.74) is 5.44. The molecule has 4 rings (SSSR count). The molecule has 0 fully saturated rings. The number of hydrogen-bond donors (Lipinski definition) is 1. The van der Waals surface area contributed by atoms with Crippen molar-refractivity contribution in [2.24, 2.45) is 5.92 Å². The molecule has 0 spiro atoms. The molecule has 7 heteroatoms. The Hall–Kier alpha value is -3.28. The number of aliphatic carboxylic acids is 1. The Morgan fingerprint density at radius 3 is 2.44 bits per heavy atom. The van der Waals surface area contributed by atoms with E-state index in [1.54, 1.807) is 0 Å². The molecule has 4 aromatic rings. The van der Waals surface area contributed by atoms with Gasteiger partial charge in [-0.25, -0.2) is 0 Å². The van der Waals surface area contributed by atoms with E-state index in [0.717, 1.165) is 40.2 Å². The third-order valence-electron chi connectivity index (χ3n) is 5.69. The average Bonchev–Trinajstić information content (AvgIpc) is 3.25. The standard InChI is InChI=1S/C29H28Cl2N2O3/c1-19(2)17-33-27(22-8-10-23(30)11-9-22)16-26(32-33)25-15-20(7-13-29(34)35)6-12-28(25)36-18-21-4-3-5-24(31)14-21/h3-6,8-12,14-16,19H,7,13,17-18H2,1-2H3,(H,34,35). The fraction of sp³-hybridized carbons (Fsp3) is 0.241. The van der Waals surface area contributed by atoms with Gasteiger partial charge in [-0.1, -0.05) is 67.4 Å². The lowest BCUT2D eigenvalue weighted by Gasteiger charge is -2.13. The van der Waals surface area contributed by atoms with Gasteiger partial charge in [-0.2, -0.15) is 5.10 Å². The highest BCUT2D eigenvalue weighted by Gasteiger charge is 2.17. The first-order chi connectivity index (χ1) is 17.3. The Morgan fingerprint density at radius 2 is 1.75 bits per heavy atom. The fourth-order valence-electron chi connectivity index (χ4n) is 3.98. The Labute approximate surface area is 221 Å². The summed E-state index contributed by atoms with van der Waals surface area (Å²) < 4.78 is 8.23. The largest absolute Gasteiger partial charge is 0.488 e. The molecule has 0 unspecified atom stereocenters. The van der Waals surface area contributed by atoms with E-state index < -0.39 is 5.97 Å². The SMILES string of the molecule is CC(C)Cn1nc(-c2cc(CCC(=O)O)ccc2OCc2cccc(Cl)c2)cc1-c1ccc(Cl)cc1. The second kappa shape index (κ2) is 11.6. The van der Waals surface area contributed by atoms with Crippen LogP contribution in [0.15, 0.2) is 72.8 Å². The quantitative estimate of drug-likeness (QED) is 0.231. The minimum atomic E-state index is -0.830. The smallest absolute Gasteiger partial charge is 0.303 e. The summed E-state index contributed by atoms with van der Waals surface area (Å²) in [5.74, 6) is 0.235. The number of ether oxygens (including phenoxy) is 1. The number of carboxylic acid groups (broad SMARTS) is 1. The highest BCUT2D eigenvalue weighted by atomic mass is 35.5. The van der Waals surface area contributed by atoms with Gasteiger partial charge < -0.3 is 9.84 Å². The summed E-state index contributed by atoms with van der Waals surface area (Å²) in [4.78, 5) is 11.2. The minimum absolute atomic E-state index is 0.0555. The minimum Gasteiger partial charge on any atom is -0.488 e. The number of carboxylic acids is 1. The number of carbonyl (C=O) groups is 1. The molecular weight excluding hydrogens is 495 g/mol. The number of benzene rings is 3. The van der Waals surface area contributed by atoms with Crippen LogP contribution in [-0.2, 0) is 24.4 Å². The summed E-state index contributed by atoms with van der Waals surface area (Å²) in [6.07, 6.45) is 0.480. The highest BCUT2D eigenvalue weighted by molar-refractivity contribution is 6.30. The zero-order valence-corrected chi connectivity index (χ0v) is 21.8. The third kappa shape index (κ3) is 6.68. The van der Waals surface area contributed by atoms with Crippen molar-refractivity contribution < 1.29 is 14.6 Å². The first kappa shape index (κ1) is 25.8. The Balaban J connectivity index is 1.75. The molecule has 1 heterocycles. The molecule has 0 radical (unpaired) electrons. The fourth-order valence-corrected chi connectivity index (χ4v) is 4.32. The first-order valence-corrected chi connectivity index (χ1v) is 12.6. The van der Waals surface area contributed by atoms with Crippen LogP contribution in [0.5, 0.6) is 5.75 Å². The molecule has 186 valence electrons. The first-order valence-electron chi connectivity index (χ1n) is 11.8. The van der Waals surface area contributed by atoms with Crippen molar-refractivity contribution in [3.63, 3.8) is 0 Å². The van der Waals surface area contributed by atoms with Crippen molar-refractivity contribution in [3.05, 3.63) is 94.0 Å². The van der Waals surface area contributed by atoms with E-state index in [4.69, 9.17) is 38.1 Å². The van der Waals surface area contributed by atoms with Crippen LogP contribution in [0.25, 0.3) is 22.5 Å². The van der Waals surface area contributed by atoms with Gasteiger partial charge in [-0.05, 0) is 71.5 Å². The summed E-state index contributed by atoms with van der Waals surface area (Å²) in [7, 11) is 0. The van der Waals surface area contributed by atoms with E-state index in [-0.39, 0.29) is 6.42 Å². The molecular formula is C29H28Cl2N2O3. The van der Waals surface area contributed by atoms with Crippen LogP contribution in [-0.4, -0.2) is 20.9 Å². The maximum atomic E-state index is 11.2. The predicted molar refractivity (Wildman–Crippen MR) is 145 cm³/mol. The van der Waals surface area contributed by atoms with Crippen molar-refractivity contribution in [1.29, 1.82) is 0 Å². The van der Waals surface area contributed by atoms with E-state index in [1.807, 2.05) is 77.5 Å². The molecule has 1 aromatic heterocycles. The molecule has 0 aliphatic heterocycles. The number of nitrogens with zero attached hydrogens (tertiary/aromatic N) is 2. The Bertz CT molecular complexity index is 1350. The molecule has 1 N–H and O–H groups in total. The van der Waals surface area contributed by atoms with Crippen LogP contribution in [0.2, 0.25) is 10.0 Å². The summed E-state index contributed by atoms with van der Waals surface area (Å²) in [6.45, 7) is 5.40. The molecule has 0 atom stereocenters. The van der Waals surface area contributed by atoms with Crippen molar-refractivity contribution in [2.75, 3.05) is 0 Å². The molecule has 0 aliphatic carbocycles. The average molecular weight is 523 g/mol. The van der Waals surface area contributed by atoms with E-state index in [2.05, 4.69) is 13.8 Å². The molecule has 0 bridgehead atoms. The van der Waals surface area contributed by atoms with Crippen LogP contribution < -0.4 is 4.74 Å². The zero-order chi connectivity index (χ0) is 25.7. The number of halogens is 2. The zero-order valence-electron chi connectivity index (χ0n) is 20.2. The van der Waals surface area contributed by atoms with E-state index >= 15 is 0 Å². The molecule has 5 nitrogen and oxygen atoms in total. The van der Waals surface area contributed by atoms with Crippen molar-refractivity contribution in [2.45, 2.75) is 39.8 Å². The molecule has 0 saturated carbocycles. The van der Waals surface area contributed by atoms with Gasteiger partial charge in [-0.3, -0.25) is 9.48 Å². The van der Waals surface area contributed by atoms with Gasteiger partial charge in [0.2, 0.25) is 0 Å². The monoisotopic (exact) mass is 522 g/mol. The molecule has 0 aliphatic rings. The van der Waals surface area contributed by atoms with Gasteiger partial charge in [0.05, 0.1) is 11.4 Å². The summed E-state index contributed by atoms with van der Waals surface area (Å²) in [5, 5.41) is 15.4. The topological polar surface area (TPSA) is 64.4 Å². The normalized spacial score (nSPS) is 11.1. The molecule has 0 amide bonds. The lowest BCUT2D eigenvalue weighted by atomic mass is 10.0. The van der Waals surface area contributed by atoms with Gasteiger partial charge in [0.15, 0.2) is 0 Å². The summed E-state index contributed by atoms with van der Waals surface area (Å²) >= 11 is 12.3. The number of rotatable bonds is 10. The second-order valence-corrected chi connectivity index (χ2v) is 10.0. The third-order valence-corrected chi connectivity index (χ3v) is 6.18. The summed E-state index contributed by atoms with van der Waals surface area (Å²) in [6, 6.07) is 23.1. The van der Waals surface area contributed by atoms with Crippen LogP contribution in [0.3, 0.4) is 0 Å². The Kier molecular flexibility index (Phi) is 8.34. The van der Waals surface area contributed by atoms with Gasteiger partial charge >= 0.3 is 5.97 Å². The highest BCUT2D eigenvalue weighted by Crippen LogP contribution is 2.35. The van der Waals surface area contributed by atoms with E-state index in [1.165, 1.54) is 0 Å². The maximum Gasteiger partial charge on any atom is 0.303 e. The van der Waals surface area contributed by atoms with Crippen molar-refractivity contribution >= 4 is 29.2 Å². The lowest BCUT2D eigenvalue weighted by Crippen LogP contribution is -2.08. The number of aromatic nitrogens is 2. The molecule has 3 aromatic carbocycles. The van der Waals surface area contributed by atoms with Crippen molar-refractivity contribution in [3.8, 4) is 28.3 Å². The predicted octanol–water partition coefficient (Wildman–Crippen LogP) is 7.78. The molecule has 36 heavy (non-hydrogen) atoms. The van der Waals surface area contributed by atoms with Gasteiger partial charge in [0.25, 0.3) is 0 Å².